The van der Waals surface area contributed by atoms with Gasteiger partial charge in [0.25, 0.3) is 0 Å². The molecule has 1 aromatic heterocycles. The molecule has 6 heteroatoms. The van der Waals surface area contributed by atoms with Crippen molar-refractivity contribution in [2.24, 2.45) is 5.73 Å². The van der Waals surface area contributed by atoms with Crippen molar-refractivity contribution in [2.75, 3.05) is 13.2 Å². The molecule has 5 nitrogen and oxygen atoms in total. The maximum Gasteiger partial charge on any atom is 0.248 e. The Labute approximate surface area is 139 Å². The topological polar surface area (TPSA) is 74.4 Å². The summed E-state index contributed by atoms with van der Waals surface area (Å²) in [7, 11) is 0. The predicted octanol–water partition coefficient (Wildman–Crippen LogP) is 3.20. The highest BCUT2D eigenvalue weighted by Gasteiger charge is 2.19. The fraction of sp³-hybridized carbons (Fsp3) is 0.412. The first-order valence-corrected chi connectivity index (χ1v) is 8.50. The lowest BCUT2D eigenvalue weighted by Gasteiger charge is -2.13. The van der Waals surface area contributed by atoms with Gasteiger partial charge in [-0.05, 0) is 24.1 Å². The fourth-order valence-electron chi connectivity index (χ4n) is 2.42. The third kappa shape index (κ3) is 3.71. The number of rotatable bonds is 5. The van der Waals surface area contributed by atoms with Crippen LogP contribution in [0.5, 0.6) is 5.75 Å². The molecule has 1 aliphatic rings. The fourth-order valence-corrected chi connectivity index (χ4v) is 3.32. The average Bonchev–Trinajstić information content (AvgIpc) is 3.18. The van der Waals surface area contributed by atoms with Crippen molar-refractivity contribution in [3.63, 3.8) is 0 Å². The molecule has 1 aromatic carbocycles. The van der Waals surface area contributed by atoms with E-state index in [4.69, 9.17) is 15.2 Å². The average molecular weight is 332 g/mol. The number of hydrogen-bond donors (Lipinski definition) is 1. The Morgan fingerprint density at radius 1 is 1.43 bits per heavy atom. The quantitative estimate of drug-likeness (QED) is 0.912. The second-order valence-electron chi connectivity index (χ2n) is 5.94. The van der Waals surface area contributed by atoms with E-state index < -0.39 is 5.91 Å². The van der Waals surface area contributed by atoms with Gasteiger partial charge in [-0.15, -0.1) is 11.3 Å². The largest absolute Gasteiger partial charge is 0.488 e. The van der Waals surface area contributed by atoms with Crippen molar-refractivity contribution in [3.05, 3.63) is 34.8 Å². The summed E-state index contributed by atoms with van der Waals surface area (Å²) >= 11 is 1.62. The predicted molar refractivity (Wildman–Crippen MR) is 90.0 cm³/mol. The summed E-state index contributed by atoms with van der Waals surface area (Å²) in [6.07, 6.45) is 2.76. The molecule has 1 amide bonds. The van der Waals surface area contributed by atoms with Gasteiger partial charge in [-0.3, -0.25) is 4.79 Å². The van der Waals surface area contributed by atoms with Crippen molar-refractivity contribution in [3.8, 4) is 16.3 Å². The van der Waals surface area contributed by atoms with E-state index in [9.17, 15) is 4.79 Å². The van der Waals surface area contributed by atoms with Crippen LogP contribution in [0.4, 0.5) is 0 Å². The summed E-state index contributed by atoms with van der Waals surface area (Å²) in [5, 5.41) is 0.865. The molecule has 1 fully saturated rings. The van der Waals surface area contributed by atoms with E-state index in [-0.39, 0.29) is 6.10 Å². The molecule has 1 atom stereocenters. The molecule has 1 aliphatic heterocycles. The van der Waals surface area contributed by atoms with Gasteiger partial charge in [0.15, 0.2) is 0 Å². The molecule has 1 saturated heterocycles. The summed E-state index contributed by atoms with van der Waals surface area (Å²) < 4.78 is 11.3. The first-order chi connectivity index (χ1) is 11.0. The summed E-state index contributed by atoms with van der Waals surface area (Å²) in [6.45, 7) is 5.54. The molecule has 3 rings (SSSR count). The third-order valence-electron chi connectivity index (χ3n) is 3.72. The number of carbonyl (C=O) groups is 1. The number of amides is 1. The van der Waals surface area contributed by atoms with Crippen LogP contribution in [0, 0.1) is 0 Å². The van der Waals surface area contributed by atoms with E-state index >= 15 is 0 Å². The molecule has 2 N–H and O–H groups in total. The highest BCUT2D eigenvalue weighted by molar-refractivity contribution is 7.15. The first-order valence-electron chi connectivity index (χ1n) is 7.68. The molecule has 0 aliphatic carbocycles. The molecule has 122 valence electrons. The minimum Gasteiger partial charge on any atom is -0.488 e. The minimum absolute atomic E-state index is 0.0218. The van der Waals surface area contributed by atoms with Crippen LogP contribution in [-0.4, -0.2) is 30.2 Å². The summed E-state index contributed by atoms with van der Waals surface area (Å²) in [6, 6.07) is 5.36. The van der Waals surface area contributed by atoms with Crippen LogP contribution in [0.2, 0.25) is 0 Å². The molecular weight excluding hydrogens is 312 g/mol. The van der Waals surface area contributed by atoms with Crippen LogP contribution >= 0.6 is 11.3 Å². The van der Waals surface area contributed by atoms with E-state index in [1.54, 1.807) is 23.5 Å². The Balaban J connectivity index is 1.94. The highest BCUT2D eigenvalue weighted by Crippen LogP contribution is 2.32. The molecule has 0 saturated carbocycles. The van der Waals surface area contributed by atoms with Crippen LogP contribution in [0.3, 0.4) is 0 Å². The van der Waals surface area contributed by atoms with Crippen molar-refractivity contribution in [2.45, 2.75) is 32.3 Å². The Bertz CT molecular complexity index is 706. The van der Waals surface area contributed by atoms with Gasteiger partial charge in [0.2, 0.25) is 5.91 Å². The molecule has 0 unspecified atom stereocenters. The van der Waals surface area contributed by atoms with Gasteiger partial charge >= 0.3 is 0 Å². The zero-order chi connectivity index (χ0) is 16.4. The number of thiazole rings is 1. The van der Waals surface area contributed by atoms with Gasteiger partial charge in [0.1, 0.15) is 16.9 Å². The lowest BCUT2D eigenvalue weighted by Crippen LogP contribution is -2.17. The highest BCUT2D eigenvalue weighted by atomic mass is 32.1. The van der Waals surface area contributed by atoms with E-state index in [1.807, 2.05) is 12.3 Å². The van der Waals surface area contributed by atoms with Gasteiger partial charge in [0, 0.05) is 28.6 Å². The number of carbonyl (C=O) groups excluding carboxylic acids is 1. The number of hydrogen-bond acceptors (Lipinski definition) is 5. The second-order valence-corrected chi connectivity index (χ2v) is 7.00. The second kappa shape index (κ2) is 6.68. The lowest BCUT2D eigenvalue weighted by molar-refractivity contribution is 0.0999. The van der Waals surface area contributed by atoms with E-state index in [2.05, 4.69) is 18.8 Å². The molecule has 2 aromatic rings. The molecule has 0 bridgehead atoms. The van der Waals surface area contributed by atoms with Gasteiger partial charge in [-0.1, -0.05) is 13.8 Å². The first kappa shape index (κ1) is 16.0. The number of benzene rings is 1. The van der Waals surface area contributed by atoms with Crippen molar-refractivity contribution < 1.29 is 14.3 Å². The third-order valence-corrected chi connectivity index (χ3v) is 5.07. The van der Waals surface area contributed by atoms with Crippen LogP contribution in [0.25, 0.3) is 10.6 Å². The number of nitrogens with two attached hydrogens (primary N) is 1. The number of nitrogens with zero attached hydrogens (tertiary/aromatic N) is 1. The Morgan fingerprint density at radius 2 is 2.26 bits per heavy atom. The zero-order valence-corrected chi connectivity index (χ0v) is 14.1. The van der Waals surface area contributed by atoms with Crippen LogP contribution in [0.15, 0.2) is 24.4 Å². The van der Waals surface area contributed by atoms with Gasteiger partial charge in [-0.2, -0.15) is 0 Å². The Morgan fingerprint density at radius 3 is 2.87 bits per heavy atom. The summed E-state index contributed by atoms with van der Waals surface area (Å²) in [5.41, 5.74) is 6.74. The maximum atomic E-state index is 11.6. The van der Waals surface area contributed by atoms with Crippen molar-refractivity contribution in [1.82, 2.24) is 4.98 Å². The molecule has 23 heavy (non-hydrogen) atoms. The maximum absolute atomic E-state index is 11.6. The van der Waals surface area contributed by atoms with E-state index in [0.717, 1.165) is 17.0 Å². The number of primary amides is 1. The van der Waals surface area contributed by atoms with Gasteiger partial charge < -0.3 is 15.2 Å². The zero-order valence-electron chi connectivity index (χ0n) is 13.2. The summed E-state index contributed by atoms with van der Waals surface area (Å²) in [4.78, 5) is 17.3. The monoisotopic (exact) mass is 332 g/mol. The minimum atomic E-state index is -0.472. The Hall–Kier alpha value is -1.92. The lowest BCUT2D eigenvalue weighted by atomic mass is 10.1. The normalized spacial score (nSPS) is 17.6. The van der Waals surface area contributed by atoms with Crippen LogP contribution in [0.1, 0.15) is 41.4 Å². The van der Waals surface area contributed by atoms with E-state index in [0.29, 0.717) is 30.4 Å². The molecule has 0 spiro atoms. The van der Waals surface area contributed by atoms with Crippen molar-refractivity contribution in [1.29, 1.82) is 0 Å². The molecular formula is C17H20N2O3S. The molecule has 2 heterocycles. The number of aromatic nitrogens is 1. The SMILES string of the molecule is CC(C)c1cnc(-c2cc(O[C@H]3CCOC3)cc(C(N)=O)c2)s1. The van der Waals surface area contributed by atoms with Crippen molar-refractivity contribution >= 4 is 17.2 Å². The molecule has 0 radical (unpaired) electrons. The van der Waals surface area contributed by atoms with Gasteiger partial charge in [-0.25, -0.2) is 4.98 Å². The van der Waals surface area contributed by atoms with E-state index in [1.165, 1.54) is 4.88 Å². The summed E-state index contributed by atoms with van der Waals surface area (Å²) in [5.74, 6) is 0.583. The van der Waals surface area contributed by atoms with Crippen LogP contribution in [-0.2, 0) is 4.74 Å². The smallest absolute Gasteiger partial charge is 0.248 e. The number of ether oxygens (including phenoxy) is 2. The van der Waals surface area contributed by atoms with Gasteiger partial charge in [0.05, 0.1) is 13.2 Å². The standard InChI is InChI=1S/C17H20N2O3S/c1-10(2)15-8-19-17(23-15)12-5-11(16(18)20)6-14(7-12)22-13-3-4-21-9-13/h5-8,10,13H,3-4,9H2,1-2H3,(H2,18,20)/t13-/m0/s1. The van der Waals surface area contributed by atoms with Crippen LogP contribution < -0.4 is 10.5 Å². The Kier molecular flexibility index (Phi) is 4.63.